The maximum absolute atomic E-state index is 13.0. The first-order chi connectivity index (χ1) is 13.4. The van der Waals surface area contributed by atoms with Gasteiger partial charge in [-0.1, -0.05) is 26.0 Å². The first-order valence-corrected chi connectivity index (χ1v) is 9.21. The fraction of sp³-hybridized carbons (Fsp3) is 0.381. The number of hydrogen-bond acceptors (Lipinski definition) is 3. The molecule has 0 aliphatic heterocycles. The Morgan fingerprint density at radius 2 is 1.62 bits per heavy atom. The van der Waals surface area contributed by atoms with Gasteiger partial charge < -0.3 is 10.6 Å². The van der Waals surface area contributed by atoms with Gasteiger partial charge in [-0.05, 0) is 50.5 Å². The SMILES string of the molecule is Cc1cccc(C(=O)NC(C)C)c1NC(=O)c1ccc(C(F)(F)F)nc1C(C)C. The van der Waals surface area contributed by atoms with Gasteiger partial charge in [-0.2, -0.15) is 13.2 Å². The molecule has 1 heterocycles. The number of rotatable bonds is 5. The predicted octanol–water partition coefficient (Wildman–Crippen LogP) is 4.92. The second-order valence-corrected chi connectivity index (χ2v) is 7.36. The third kappa shape index (κ3) is 5.34. The minimum atomic E-state index is -4.60. The van der Waals surface area contributed by atoms with E-state index >= 15 is 0 Å². The van der Waals surface area contributed by atoms with Crippen LogP contribution < -0.4 is 10.6 Å². The molecule has 156 valence electrons. The highest BCUT2D eigenvalue weighted by Crippen LogP contribution is 2.30. The summed E-state index contributed by atoms with van der Waals surface area (Å²) in [5, 5.41) is 5.45. The van der Waals surface area contributed by atoms with Crippen LogP contribution in [0.2, 0.25) is 0 Å². The number of anilines is 1. The molecule has 0 unspecified atom stereocenters. The zero-order valence-electron chi connectivity index (χ0n) is 16.9. The molecule has 0 bridgehead atoms. The van der Waals surface area contributed by atoms with Gasteiger partial charge in [0.25, 0.3) is 11.8 Å². The number of pyridine rings is 1. The number of carbonyl (C=O) groups is 2. The Labute approximate surface area is 167 Å². The second-order valence-electron chi connectivity index (χ2n) is 7.36. The summed E-state index contributed by atoms with van der Waals surface area (Å²) in [5.74, 6) is -1.38. The lowest BCUT2D eigenvalue weighted by Gasteiger charge is -2.18. The minimum absolute atomic E-state index is 0.0338. The lowest BCUT2D eigenvalue weighted by atomic mass is 10.0. The molecule has 29 heavy (non-hydrogen) atoms. The third-order valence-electron chi connectivity index (χ3n) is 4.18. The van der Waals surface area contributed by atoms with Crippen molar-refractivity contribution in [1.29, 1.82) is 0 Å². The van der Waals surface area contributed by atoms with Crippen molar-refractivity contribution >= 4 is 17.5 Å². The number of amides is 2. The molecule has 5 nitrogen and oxygen atoms in total. The van der Waals surface area contributed by atoms with Crippen molar-refractivity contribution in [2.24, 2.45) is 0 Å². The van der Waals surface area contributed by atoms with Crippen molar-refractivity contribution < 1.29 is 22.8 Å². The van der Waals surface area contributed by atoms with Crippen LogP contribution in [0, 0.1) is 6.92 Å². The molecule has 1 aromatic heterocycles. The minimum Gasteiger partial charge on any atom is -0.350 e. The average molecular weight is 407 g/mol. The Morgan fingerprint density at radius 1 is 0.966 bits per heavy atom. The van der Waals surface area contributed by atoms with Gasteiger partial charge in [0, 0.05) is 6.04 Å². The molecule has 2 N–H and O–H groups in total. The van der Waals surface area contributed by atoms with Gasteiger partial charge in [-0.3, -0.25) is 9.59 Å². The predicted molar refractivity (Wildman–Crippen MR) is 105 cm³/mol. The Bertz CT molecular complexity index is 922. The van der Waals surface area contributed by atoms with Crippen molar-refractivity contribution in [3.63, 3.8) is 0 Å². The largest absolute Gasteiger partial charge is 0.433 e. The number of nitrogens with one attached hydrogen (secondary N) is 2. The molecule has 2 aromatic rings. The molecule has 2 rings (SSSR count). The highest BCUT2D eigenvalue weighted by molar-refractivity contribution is 6.10. The number of nitrogens with zero attached hydrogens (tertiary/aromatic N) is 1. The Balaban J connectivity index is 2.44. The summed E-state index contributed by atoms with van der Waals surface area (Å²) >= 11 is 0. The second kappa shape index (κ2) is 8.63. The maximum Gasteiger partial charge on any atom is 0.433 e. The lowest BCUT2D eigenvalue weighted by Crippen LogP contribution is -2.31. The van der Waals surface area contributed by atoms with Crippen molar-refractivity contribution in [1.82, 2.24) is 10.3 Å². The molecule has 0 atom stereocenters. The molecule has 0 saturated carbocycles. The molecule has 1 aromatic carbocycles. The molecule has 8 heteroatoms. The van der Waals surface area contributed by atoms with Gasteiger partial charge in [0.05, 0.1) is 22.5 Å². The van der Waals surface area contributed by atoms with Gasteiger partial charge in [0.1, 0.15) is 5.69 Å². The van der Waals surface area contributed by atoms with E-state index in [-0.39, 0.29) is 28.8 Å². The number of hydrogen-bond donors (Lipinski definition) is 2. The van der Waals surface area contributed by atoms with Gasteiger partial charge >= 0.3 is 6.18 Å². The van der Waals surface area contributed by atoms with E-state index < -0.39 is 23.7 Å². The zero-order valence-corrected chi connectivity index (χ0v) is 16.9. The topological polar surface area (TPSA) is 71.1 Å². The van der Waals surface area contributed by atoms with Crippen LogP contribution in [0.15, 0.2) is 30.3 Å². The summed E-state index contributed by atoms with van der Waals surface area (Å²) in [6.07, 6.45) is -4.60. The lowest BCUT2D eigenvalue weighted by molar-refractivity contribution is -0.141. The van der Waals surface area contributed by atoms with Gasteiger partial charge in [-0.15, -0.1) is 0 Å². The third-order valence-corrected chi connectivity index (χ3v) is 4.18. The summed E-state index contributed by atoms with van der Waals surface area (Å²) in [6, 6.07) is 6.81. The van der Waals surface area contributed by atoms with Crippen molar-refractivity contribution in [2.45, 2.75) is 52.8 Å². The average Bonchev–Trinajstić information content (AvgIpc) is 2.61. The fourth-order valence-electron chi connectivity index (χ4n) is 2.81. The molecule has 0 saturated heterocycles. The van der Waals surface area contributed by atoms with Gasteiger partial charge in [0.2, 0.25) is 0 Å². The molecule has 0 fully saturated rings. The van der Waals surface area contributed by atoms with Crippen molar-refractivity contribution in [2.75, 3.05) is 5.32 Å². The van der Waals surface area contributed by atoms with Crippen LogP contribution in [0.25, 0.3) is 0 Å². The van der Waals surface area contributed by atoms with Gasteiger partial charge in [-0.25, -0.2) is 4.98 Å². The van der Waals surface area contributed by atoms with Crippen molar-refractivity contribution in [3.8, 4) is 0 Å². The normalized spacial score (nSPS) is 11.7. The highest BCUT2D eigenvalue weighted by atomic mass is 19.4. The van der Waals surface area contributed by atoms with Crippen LogP contribution >= 0.6 is 0 Å². The molecule has 0 aliphatic rings. The van der Waals surface area contributed by atoms with Crippen LogP contribution in [-0.2, 0) is 6.18 Å². The number of alkyl halides is 3. The van der Waals surface area contributed by atoms with E-state index in [2.05, 4.69) is 15.6 Å². The van der Waals surface area contributed by atoms with E-state index in [9.17, 15) is 22.8 Å². The number of benzene rings is 1. The molecule has 2 amide bonds. The first kappa shape index (κ1) is 22.4. The van der Waals surface area contributed by atoms with E-state index in [1.165, 1.54) is 0 Å². The molecule has 0 spiro atoms. The Kier molecular flexibility index (Phi) is 6.66. The van der Waals surface area contributed by atoms with E-state index in [1.54, 1.807) is 39.0 Å². The number of aromatic nitrogens is 1. The number of para-hydroxylation sites is 1. The Hall–Kier alpha value is -2.90. The summed E-state index contributed by atoms with van der Waals surface area (Å²) in [6.45, 7) is 8.68. The van der Waals surface area contributed by atoms with E-state index in [4.69, 9.17) is 0 Å². The number of halogens is 3. The molecular weight excluding hydrogens is 383 g/mol. The zero-order chi connectivity index (χ0) is 21.9. The number of carbonyl (C=O) groups excluding carboxylic acids is 2. The van der Waals surface area contributed by atoms with Crippen LogP contribution in [0.5, 0.6) is 0 Å². The fourth-order valence-corrected chi connectivity index (χ4v) is 2.81. The standard InChI is InChI=1S/C21H24F3N3O2/c1-11(2)17-15(9-10-16(26-17)21(22,23)24)20(29)27-18-13(5)7-6-8-14(18)19(28)25-12(3)4/h6-12H,1-5H3,(H,25,28)(H,27,29). The Morgan fingerprint density at radius 3 is 2.17 bits per heavy atom. The van der Waals surface area contributed by atoms with Crippen LogP contribution in [0.3, 0.4) is 0 Å². The van der Waals surface area contributed by atoms with Crippen LogP contribution in [-0.4, -0.2) is 22.8 Å². The quantitative estimate of drug-likeness (QED) is 0.739. The molecule has 0 aliphatic carbocycles. The maximum atomic E-state index is 13.0. The van der Waals surface area contributed by atoms with Crippen LogP contribution in [0.1, 0.15) is 71.3 Å². The van der Waals surface area contributed by atoms with Crippen molar-refractivity contribution in [3.05, 3.63) is 58.4 Å². The van der Waals surface area contributed by atoms with E-state index in [1.807, 2.05) is 13.8 Å². The smallest absolute Gasteiger partial charge is 0.350 e. The first-order valence-electron chi connectivity index (χ1n) is 9.21. The van der Waals surface area contributed by atoms with Crippen LogP contribution in [0.4, 0.5) is 18.9 Å². The monoisotopic (exact) mass is 407 g/mol. The highest BCUT2D eigenvalue weighted by Gasteiger charge is 2.34. The summed E-state index contributed by atoms with van der Waals surface area (Å²) in [4.78, 5) is 29.0. The number of aryl methyl sites for hydroxylation is 1. The molecule has 0 radical (unpaired) electrons. The summed E-state index contributed by atoms with van der Waals surface area (Å²) in [7, 11) is 0. The van der Waals surface area contributed by atoms with E-state index in [0.717, 1.165) is 12.1 Å². The van der Waals surface area contributed by atoms with E-state index in [0.29, 0.717) is 11.3 Å². The summed E-state index contributed by atoms with van der Waals surface area (Å²) < 4.78 is 39.0. The van der Waals surface area contributed by atoms with Gasteiger partial charge in [0.15, 0.2) is 0 Å². The summed E-state index contributed by atoms with van der Waals surface area (Å²) in [5.41, 5.74) is 0.264. The molecular formula is C21H24F3N3O2.